The molecule has 1 saturated carbocycles. The van der Waals surface area contributed by atoms with Crippen molar-refractivity contribution in [1.82, 2.24) is 5.32 Å². The van der Waals surface area contributed by atoms with Gasteiger partial charge in [0.05, 0.1) is 0 Å². The number of benzene rings is 1. The molecule has 0 radical (unpaired) electrons. The molecule has 2 rings (SSSR count). The van der Waals surface area contributed by atoms with Gasteiger partial charge in [0.2, 0.25) is 0 Å². The van der Waals surface area contributed by atoms with Gasteiger partial charge in [-0.15, -0.1) is 0 Å². The van der Waals surface area contributed by atoms with E-state index in [-0.39, 0.29) is 5.91 Å². The molecule has 5 heteroatoms. The number of halogens is 3. The SMILES string of the molecule is O=C(NCC1CCCC1Br)c1cc(Cl)cc(Cl)c1. The van der Waals surface area contributed by atoms with E-state index in [0.29, 0.717) is 32.9 Å². The molecule has 1 aromatic carbocycles. The van der Waals surface area contributed by atoms with Crippen LogP contribution in [0.1, 0.15) is 29.6 Å². The lowest BCUT2D eigenvalue weighted by molar-refractivity contribution is 0.0948. The van der Waals surface area contributed by atoms with Crippen molar-refractivity contribution in [1.29, 1.82) is 0 Å². The second kappa shape index (κ2) is 6.27. The Kier molecular flexibility index (Phi) is 4.93. The number of hydrogen-bond donors (Lipinski definition) is 1. The minimum Gasteiger partial charge on any atom is -0.352 e. The third kappa shape index (κ3) is 3.62. The van der Waals surface area contributed by atoms with E-state index in [9.17, 15) is 4.79 Å². The molecule has 2 atom stereocenters. The van der Waals surface area contributed by atoms with Crippen molar-refractivity contribution in [3.05, 3.63) is 33.8 Å². The Morgan fingerprint density at radius 2 is 1.94 bits per heavy atom. The van der Waals surface area contributed by atoms with E-state index < -0.39 is 0 Å². The predicted molar refractivity (Wildman–Crippen MR) is 78.9 cm³/mol. The number of amides is 1. The highest BCUT2D eigenvalue weighted by atomic mass is 79.9. The Hall–Kier alpha value is -0.250. The summed E-state index contributed by atoms with van der Waals surface area (Å²) in [5, 5.41) is 3.90. The maximum atomic E-state index is 12.0. The molecule has 1 aliphatic rings. The van der Waals surface area contributed by atoms with E-state index in [1.807, 2.05) is 0 Å². The molecule has 1 aliphatic carbocycles. The molecule has 2 unspecified atom stereocenters. The van der Waals surface area contributed by atoms with Crippen molar-refractivity contribution >= 4 is 45.0 Å². The second-order valence-electron chi connectivity index (χ2n) is 4.58. The van der Waals surface area contributed by atoms with Crippen LogP contribution in [0.3, 0.4) is 0 Å². The fourth-order valence-corrected chi connectivity index (χ4v) is 3.53. The largest absolute Gasteiger partial charge is 0.352 e. The van der Waals surface area contributed by atoms with E-state index >= 15 is 0 Å². The van der Waals surface area contributed by atoms with Crippen LogP contribution in [0.15, 0.2) is 18.2 Å². The van der Waals surface area contributed by atoms with Crippen molar-refractivity contribution in [2.75, 3.05) is 6.54 Å². The summed E-state index contributed by atoms with van der Waals surface area (Å²) in [6, 6.07) is 4.87. The Morgan fingerprint density at radius 3 is 2.50 bits per heavy atom. The minimum atomic E-state index is -0.119. The molecule has 1 aromatic rings. The number of hydrogen-bond acceptors (Lipinski definition) is 1. The zero-order valence-corrected chi connectivity index (χ0v) is 12.9. The molecule has 1 amide bonds. The van der Waals surface area contributed by atoms with Gasteiger partial charge in [-0.3, -0.25) is 4.79 Å². The molecule has 0 saturated heterocycles. The molecule has 0 bridgehead atoms. The van der Waals surface area contributed by atoms with Crippen molar-refractivity contribution < 1.29 is 4.79 Å². The van der Waals surface area contributed by atoms with Crippen molar-refractivity contribution in [3.63, 3.8) is 0 Å². The Balaban J connectivity index is 1.95. The van der Waals surface area contributed by atoms with Crippen LogP contribution in [0.2, 0.25) is 10.0 Å². The highest BCUT2D eigenvalue weighted by molar-refractivity contribution is 9.09. The zero-order chi connectivity index (χ0) is 13.1. The van der Waals surface area contributed by atoms with Gasteiger partial charge in [0.15, 0.2) is 0 Å². The van der Waals surface area contributed by atoms with Crippen LogP contribution < -0.4 is 5.32 Å². The molecular formula is C13H14BrCl2NO. The average Bonchev–Trinajstić information content (AvgIpc) is 2.70. The molecule has 98 valence electrons. The molecule has 2 nitrogen and oxygen atoms in total. The lowest BCUT2D eigenvalue weighted by Crippen LogP contribution is -2.30. The first-order valence-corrected chi connectivity index (χ1v) is 7.62. The van der Waals surface area contributed by atoms with Crippen molar-refractivity contribution in [3.8, 4) is 0 Å². The highest BCUT2D eigenvalue weighted by Gasteiger charge is 2.25. The normalized spacial score (nSPS) is 23.1. The van der Waals surface area contributed by atoms with Gasteiger partial charge in [-0.25, -0.2) is 0 Å². The topological polar surface area (TPSA) is 29.1 Å². The lowest BCUT2D eigenvalue weighted by atomic mass is 10.1. The van der Waals surface area contributed by atoms with Crippen LogP contribution in [-0.4, -0.2) is 17.3 Å². The Morgan fingerprint density at radius 1 is 1.28 bits per heavy atom. The van der Waals surface area contributed by atoms with Crippen molar-refractivity contribution in [2.45, 2.75) is 24.1 Å². The summed E-state index contributed by atoms with van der Waals surface area (Å²) >= 11 is 15.4. The van der Waals surface area contributed by atoms with Crippen LogP contribution in [0.4, 0.5) is 0 Å². The van der Waals surface area contributed by atoms with E-state index in [4.69, 9.17) is 23.2 Å². The Labute approximate surface area is 125 Å². The van der Waals surface area contributed by atoms with Gasteiger partial charge in [-0.1, -0.05) is 45.6 Å². The number of rotatable bonds is 3. The first kappa shape index (κ1) is 14.2. The molecule has 1 N–H and O–H groups in total. The number of alkyl halides is 1. The average molecular weight is 351 g/mol. The lowest BCUT2D eigenvalue weighted by Gasteiger charge is -2.14. The number of carbonyl (C=O) groups excluding carboxylic acids is 1. The summed E-state index contributed by atoms with van der Waals surface area (Å²) in [7, 11) is 0. The van der Waals surface area contributed by atoms with Gasteiger partial charge in [0.25, 0.3) is 5.91 Å². The summed E-state index contributed by atoms with van der Waals surface area (Å²) in [5.41, 5.74) is 0.511. The van der Waals surface area contributed by atoms with Crippen LogP contribution in [0.25, 0.3) is 0 Å². The van der Waals surface area contributed by atoms with Crippen LogP contribution >= 0.6 is 39.1 Å². The standard InChI is InChI=1S/C13H14BrCl2NO/c14-12-3-1-2-8(12)7-17-13(18)9-4-10(15)6-11(16)5-9/h4-6,8,12H,1-3,7H2,(H,17,18). The maximum Gasteiger partial charge on any atom is 0.251 e. The van der Waals surface area contributed by atoms with Gasteiger partial charge in [-0.05, 0) is 37.0 Å². The van der Waals surface area contributed by atoms with Crippen LogP contribution in [-0.2, 0) is 0 Å². The van der Waals surface area contributed by atoms with Gasteiger partial charge >= 0.3 is 0 Å². The summed E-state index contributed by atoms with van der Waals surface area (Å²) in [5.74, 6) is 0.398. The van der Waals surface area contributed by atoms with E-state index in [1.165, 1.54) is 12.8 Å². The van der Waals surface area contributed by atoms with Crippen LogP contribution in [0.5, 0.6) is 0 Å². The van der Waals surface area contributed by atoms with E-state index in [0.717, 1.165) is 6.42 Å². The van der Waals surface area contributed by atoms with Crippen LogP contribution in [0, 0.1) is 5.92 Å². The smallest absolute Gasteiger partial charge is 0.251 e. The molecule has 0 heterocycles. The molecule has 0 spiro atoms. The van der Waals surface area contributed by atoms with Gasteiger partial charge in [0.1, 0.15) is 0 Å². The first-order valence-electron chi connectivity index (χ1n) is 5.94. The number of carbonyl (C=O) groups is 1. The molecular weight excluding hydrogens is 337 g/mol. The third-order valence-electron chi connectivity index (χ3n) is 3.22. The highest BCUT2D eigenvalue weighted by Crippen LogP contribution is 2.30. The minimum absolute atomic E-state index is 0.119. The Bertz CT molecular complexity index is 432. The molecule has 0 aliphatic heterocycles. The molecule has 0 aromatic heterocycles. The van der Waals surface area contributed by atoms with Gasteiger partial charge in [0, 0.05) is 27.0 Å². The summed E-state index contributed by atoms with van der Waals surface area (Å²) in [6.45, 7) is 0.693. The summed E-state index contributed by atoms with van der Waals surface area (Å²) in [6.07, 6.45) is 3.56. The quantitative estimate of drug-likeness (QED) is 0.809. The third-order valence-corrected chi connectivity index (χ3v) is 4.86. The summed E-state index contributed by atoms with van der Waals surface area (Å²) in [4.78, 5) is 12.5. The first-order chi connectivity index (χ1) is 8.56. The maximum absolute atomic E-state index is 12.0. The second-order valence-corrected chi connectivity index (χ2v) is 6.62. The monoisotopic (exact) mass is 349 g/mol. The predicted octanol–water partition coefficient (Wildman–Crippen LogP) is 4.29. The zero-order valence-electron chi connectivity index (χ0n) is 9.76. The van der Waals surface area contributed by atoms with Gasteiger partial charge < -0.3 is 5.32 Å². The fourth-order valence-electron chi connectivity index (χ4n) is 2.23. The van der Waals surface area contributed by atoms with Crippen molar-refractivity contribution in [2.24, 2.45) is 5.92 Å². The molecule has 1 fully saturated rings. The molecule has 18 heavy (non-hydrogen) atoms. The number of nitrogens with one attached hydrogen (secondary N) is 1. The fraction of sp³-hybridized carbons (Fsp3) is 0.462. The van der Waals surface area contributed by atoms with E-state index in [1.54, 1.807) is 18.2 Å². The van der Waals surface area contributed by atoms with E-state index in [2.05, 4.69) is 21.2 Å². The summed E-state index contributed by atoms with van der Waals surface area (Å²) < 4.78 is 0. The van der Waals surface area contributed by atoms with Gasteiger partial charge in [-0.2, -0.15) is 0 Å².